The molecule has 0 aromatic carbocycles. The van der Waals surface area contributed by atoms with E-state index in [2.05, 4.69) is 13.2 Å². The largest absolute Gasteiger partial charge is 0.458 e. The van der Waals surface area contributed by atoms with Gasteiger partial charge in [0.1, 0.15) is 18.5 Å². The Morgan fingerprint density at radius 3 is 2.84 bits per heavy atom. The van der Waals surface area contributed by atoms with Gasteiger partial charge >= 0.3 is 11.9 Å². The van der Waals surface area contributed by atoms with Gasteiger partial charge in [0.2, 0.25) is 0 Å². The standard InChI is InChI=1S/C19H22O6/c1-11(2)18(22)24-15-7-13(9-20)5-4-6-14(10-21)8-16-17(15)12(3)19(23)25-16/h5,8-9,15-17,21H,1,3-4,6-7,10H2,2H3/b13-5+,14-8-/t15-,16+,17-/m0/s1. The number of aliphatic hydroxyl groups excluding tert-OH is 1. The van der Waals surface area contributed by atoms with Crippen molar-refractivity contribution in [3.63, 3.8) is 0 Å². The van der Waals surface area contributed by atoms with Crippen molar-refractivity contribution in [3.8, 4) is 0 Å². The lowest BCUT2D eigenvalue weighted by Gasteiger charge is -2.27. The number of carbonyl (C=O) groups excluding carboxylic acids is 3. The van der Waals surface area contributed by atoms with E-state index in [4.69, 9.17) is 9.47 Å². The number of aldehydes is 1. The maximum atomic E-state index is 12.0. The van der Waals surface area contributed by atoms with E-state index in [1.807, 2.05) is 0 Å². The Kier molecular flexibility index (Phi) is 6.09. The molecule has 0 spiro atoms. The molecule has 1 fully saturated rings. The number of rotatable bonds is 4. The molecule has 0 saturated carbocycles. The van der Waals surface area contributed by atoms with Crippen molar-refractivity contribution < 1.29 is 29.0 Å². The van der Waals surface area contributed by atoms with Crippen LogP contribution in [0.25, 0.3) is 0 Å². The molecule has 0 bridgehead atoms. The van der Waals surface area contributed by atoms with Gasteiger partial charge in [0.05, 0.1) is 12.5 Å². The fraction of sp³-hybridized carbons (Fsp3) is 0.421. The summed E-state index contributed by atoms with van der Waals surface area (Å²) >= 11 is 0. The minimum absolute atomic E-state index is 0.154. The van der Waals surface area contributed by atoms with E-state index >= 15 is 0 Å². The smallest absolute Gasteiger partial charge is 0.334 e. The summed E-state index contributed by atoms with van der Waals surface area (Å²) in [7, 11) is 0. The molecule has 6 nitrogen and oxygen atoms in total. The molecular formula is C19H22O6. The molecule has 2 aliphatic rings. The van der Waals surface area contributed by atoms with E-state index in [0.717, 1.165) is 0 Å². The zero-order valence-electron chi connectivity index (χ0n) is 14.2. The Balaban J connectivity index is 2.45. The van der Waals surface area contributed by atoms with Crippen molar-refractivity contribution in [3.05, 3.63) is 47.6 Å². The molecule has 6 heteroatoms. The molecule has 25 heavy (non-hydrogen) atoms. The summed E-state index contributed by atoms with van der Waals surface area (Å²) in [5.41, 5.74) is 1.55. The number of allylic oxidation sites excluding steroid dienone is 1. The topological polar surface area (TPSA) is 89.9 Å². The minimum atomic E-state index is -0.793. The van der Waals surface area contributed by atoms with Gasteiger partial charge in [0.15, 0.2) is 0 Å². The van der Waals surface area contributed by atoms with E-state index in [9.17, 15) is 19.5 Å². The fourth-order valence-corrected chi connectivity index (χ4v) is 2.96. The molecule has 0 aromatic heterocycles. The van der Waals surface area contributed by atoms with Gasteiger partial charge in [0.25, 0.3) is 0 Å². The van der Waals surface area contributed by atoms with Crippen molar-refractivity contribution in [1.82, 2.24) is 0 Å². The van der Waals surface area contributed by atoms with E-state index in [1.165, 1.54) is 6.92 Å². The quantitative estimate of drug-likeness (QED) is 0.361. The van der Waals surface area contributed by atoms with Crippen molar-refractivity contribution in [2.24, 2.45) is 5.92 Å². The molecule has 0 aromatic rings. The average Bonchev–Trinajstić information content (AvgIpc) is 2.85. The molecule has 2 rings (SSSR count). The second kappa shape index (κ2) is 8.07. The lowest BCUT2D eigenvalue weighted by molar-refractivity contribution is -0.147. The number of esters is 2. The summed E-state index contributed by atoms with van der Waals surface area (Å²) in [4.78, 5) is 35.4. The van der Waals surface area contributed by atoms with Gasteiger partial charge in [0, 0.05) is 17.6 Å². The molecule has 1 saturated heterocycles. The van der Waals surface area contributed by atoms with Crippen molar-refractivity contribution >= 4 is 18.2 Å². The summed E-state index contributed by atoms with van der Waals surface area (Å²) in [6, 6.07) is 0. The molecule has 1 heterocycles. The van der Waals surface area contributed by atoms with E-state index in [0.29, 0.717) is 30.3 Å². The SMILES string of the molecule is C=C(C)C(=O)O[C@H]1C/C(C=O)=C\CC/C(CO)=C/[C@H]2OC(=O)C(=C)[C@@H]12. The molecule has 0 radical (unpaired) electrons. The van der Waals surface area contributed by atoms with E-state index < -0.39 is 30.1 Å². The summed E-state index contributed by atoms with van der Waals surface area (Å²) < 4.78 is 10.8. The molecule has 134 valence electrons. The molecule has 1 aliphatic carbocycles. The van der Waals surface area contributed by atoms with Crippen molar-refractivity contribution in [2.45, 2.75) is 38.4 Å². The Hall–Kier alpha value is -2.47. The van der Waals surface area contributed by atoms with Gasteiger partial charge in [-0.3, -0.25) is 4.79 Å². The summed E-state index contributed by atoms with van der Waals surface area (Å²) in [6.45, 7) is 8.65. The number of carbonyl (C=O) groups is 3. The molecular weight excluding hydrogens is 324 g/mol. The number of ether oxygens (including phenoxy) is 2. The summed E-state index contributed by atoms with van der Waals surface area (Å²) in [5, 5.41) is 9.51. The third-order valence-corrected chi connectivity index (χ3v) is 4.33. The second-order valence-corrected chi connectivity index (χ2v) is 6.27. The zero-order chi connectivity index (χ0) is 18.6. The van der Waals surface area contributed by atoms with Gasteiger partial charge in [-0.15, -0.1) is 0 Å². The van der Waals surface area contributed by atoms with Gasteiger partial charge in [-0.2, -0.15) is 0 Å². The number of aliphatic hydroxyl groups is 1. The normalized spacial score (nSPS) is 30.9. The van der Waals surface area contributed by atoms with Crippen LogP contribution in [0.3, 0.4) is 0 Å². The van der Waals surface area contributed by atoms with Gasteiger partial charge in [-0.05, 0) is 37.0 Å². The number of hydrogen-bond donors (Lipinski definition) is 1. The van der Waals surface area contributed by atoms with Crippen molar-refractivity contribution in [2.75, 3.05) is 6.61 Å². The minimum Gasteiger partial charge on any atom is -0.458 e. The van der Waals surface area contributed by atoms with E-state index in [-0.39, 0.29) is 24.2 Å². The zero-order valence-corrected chi connectivity index (χ0v) is 14.2. The lowest BCUT2D eigenvalue weighted by atomic mass is 9.85. The Morgan fingerprint density at radius 1 is 1.52 bits per heavy atom. The van der Waals surface area contributed by atoms with Crippen LogP contribution in [0.5, 0.6) is 0 Å². The first-order valence-electron chi connectivity index (χ1n) is 8.08. The maximum Gasteiger partial charge on any atom is 0.334 e. The third-order valence-electron chi connectivity index (χ3n) is 4.33. The highest BCUT2D eigenvalue weighted by Crippen LogP contribution is 2.36. The Morgan fingerprint density at radius 2 is 2.24 bits per heavy atom. The molecule has 0 unspecified atom stereocenters. The van der Waals surface area contributed by atoms with Gasteiger partial charge < -0.3 is 14.6 Å². The van der Waals surface area contributed by atoms with Gasteiger partial charge in [-0.25, -0.2) is 9.59 Å². The highest BCUT2D eigenvalue weighted by atomic mass is 16.6. The lowest BCUT2D eigenvalue weighted by Crippen LogP contribution is -2.34. The monoisotopic (exact) mass is 346 g/mol. The van der Waals surface area contributed by atoms with Crippen LogP contribution in [0.4, 0.5) is 0 Å². The number of fused-ring (bicyclic) bond motifs is 1. The van der Waals surface area contributed by atoms with E-state index in [1.54, 1.807) is 12.2 Å². The fourth-order valence-electron chi connectivity index (χ4n) is 2.96. The molecule has 3 atom stereocenters. The highest BCUT2D eigenvalue weighted by Gasteiger charge is 2.44. The number of hydrogen-bond acceptors (Lipinski definition) is 6. The van der Waals surface area contributed by atoms with Crippen LogP contribution in [-0.2, 0) is 23.9 Å². The van der Waals surface area contributed by atoms with Crippen LogP contribution in [0.2, 0.25) is 0 Å². The predicted octanol–water partition coefficient (Wildman–Crippen LogP) is 1.80. The van der Waals surface area contributed by atoms with Crippen molar-refractivity contribution in [1.29, 1.82) is 0 Å². The average molecular weight is 346 g/mol. The second-order valence-electron chi connectivity index (χ2n) is 6.27. The summed E-state index contributed by atoms with van der Waals surface area (Å²) in [6.07, 6.45) is 3.89. The van der Waals surface area contributed by atoms with Crippen LogP contribution in [0.15, 0.2) is 47.6 Å². The molecule has 1 N–H and O–H groups in total. The summed E-state index contributed by atoms with van der Waals surface area (Å²) in [5.74, 6) is -1.81. The Bertz CT molecular complexity index is 669. The van der Waals surface area contributed by atoms with Crippen LogP contribution in [-0.4, -0.2) is 42.1 Å². The first kappa shape index (κ1) is 18.9. The highest BCUT2D eigenvalue weighted by molar-refractivity contribution is 5.92. The van der Waals surface area contributed by atoms with Crippen LogP contribution in [0.1, 0.15) is 26.2 Å². The first-order valence-corrected chi connectivity index (χ1v) is 8.08. The predicted molar refractivity (Wildman–Crippen MR) is 90.4 cm³/mol. The van der Waals surface area contributed by atoms with Crippen LogP contribution < -0.4 is 0 Å². The Labute approximate surface area is 146 Å². The van der Waals surface area contributed by atoms with Gasteiger partial charge in [-0.1, -0.05) is 19.2 Å². The molecule has 0 amide bonds. The maximum absolute atomic E-state index is 12.0. The van der Waals surface area contributed by atoms with Crippen LogP contribution >= 0.6 is 0 Å². The van der Waals surface area contributed by atoms with Crippen LogP contribution in [0, 0.1) is 5.92 Å². The first-order chi connectivity index (χ1) is 11.9. The third kappa shape index (κ3) is 4.33. The molecule has 1 aliphatic heterocycles.